The van der Waals surface area contributed by atoms with Crippen LogP contribution in [0.15, 0.2) is 0 Å². The van der Waals surface area contributed by atoms with Gasteiger partial charge >= 0.3 is 0 Å². The van der Waals surface area contributed by atoms with Crippen LogP contribution < -0.4 is 5.43 Å². The minimum Gasteiger partial charge on any atom is -0.379 e. The Hall–Kier alpha value is -0.200. The molecular formula is C12H26N4O. The van der Waals surface area contributed by atoms with Crippen molar-refractivity contribution >= 4 is 0 Å². The normalized spacial score (nSPS) is 23.3. The molecule has 2 rings (SSSR count). The van der Waals surface area contributed by atoms with Crippen molar-refractivity contribution in [1.82, 2.24) is 20.2 Å². The van der Waals surface area contributed by atoms with Crippen LogP contribution in [0.5, 0.6) is 0 Å². The Morgan fingerprint density at radius 2 is 1.94 bits per heavy atom. The Bertz CT molecular complexity index is 215. The lowest BCUT2D eigenvalue weighted by Crippen LogP contribution is -2.56. The topological polar surface area (TPSA) is 31.0 Å². The molecule has 1 N–H and O–H groups in total. The smallest absolute Gasteiger partial charge is 0.0644 e. The Balaban J connectivity index is 1.71. The Kier molecular flexibility index (Phi) is 5.18. The molecule has 1 aliphatic heterocycles. The summed E-state index contributed by atoms with van der Waals surface area (Å²) in [5, 5.41) is 2.40. The maximum Gasteiger partial charge on any atom is 0.0644 e. The molecule has 0 amide bonds. The molecule has 1 saturated carbocycles. The van der Waals surface area contributed by atoms with Gasteiger partial charge in [0.05, 0.1) is 26.6 Å². The van der Waals surface area contributed by atoms with Crippen molar-refractivity contribution in [3.05, 3.63) is 0 Å². The van der Waals surface area contributed by atoms with Gasteiger partial charge in [0.1, 0.15) is 0 Å². The third-order valence-electron chi connectivity index (χ3n) is 3.55. The number of hydrogen-bond acceptors (Lipinski definition) is 5. The Morgan fingerprint density at radius 3 is 2.47 bits per heavy atom. The quantitative estimate of drug-likeness (QED) is 0.529. The van der Waals surface area contributed by atoms with E-state index in [0.717, 1.165) is 45.7 Å². The van der Waals surface area contributed by atoms with Crippen LogP contribution >= 0.6 is 0 Å². The van der Waals surface area contributed by atoms with Gasteiger partial charge in [-0.1, -0.05) is 6.42 Å². The standard InChI is InChI=1S/C12H26N4O/c1-14(2)11-16(12-4-3-5-12)13-10-15-6-8-17-9-7-15/h12-13H,3-11H2,1-2H3. The highest BCUT2D eigenvalue weighted by Gasteiger charge is 2.25. The lowest BCUT2D eigenvalue weighted by molar-refractivity contribution is -0.0154. The third kappa shape index (κ3) is 4.19. The van der Waals surface area contributed by atoms with Crippen molar-refractivity contribution < 1.29 is 4.74 Å². The summed E-state index contributed by atoms with van der Waals surface area (Å²) in [5.74, 6) is 0. The average molecular weight is 242 g/mol. The molecule has 1 heterocycles. The second kappa shape index (κ2) is 6.66. The zero-order chi connectivity index (χ0) is 12.1. The van der Waals surface area contributed by atoms with Crippen molar-refractivity contribution in [3.8, 4) is 0 Å². The van der Waals surface area contributed by atoms with Gasteiger partial charge in [0, 0.05) is 19.1 Å². The number of hydrogen-bond donors (Lipinski definition) is 1. The summed E-state index contributed by atoms with van der Waals surface area (Å²) >= 11 is 0. The van der Waals surface area contributed by atoms with Crippen LogP contribution in [0.3, 0.4) is 0 Å². The van der Waals surface area contributed by atoms with E-state index < -0.39 is 0 Å². The highest BCUT2D eigenvalue weighted by molar-refractivity contribution is 4.77. The number of nitrogens with zero attached hydrogens (tertiary/aromatic N) is 3. The van der Waals surface area contributed by atoms with E-state index in [2.05, 4.69) is 34.3 Å². The highest BCUT2D eigenvalue weighted by atomic mass is 16.5. The van der Waals surface area contributed by atoms with E-state index in [0.29, 0.717) is 0 Å². The van der Waals surface area contributed by atoms with E-state index in [4.69, 9.17) is 4.74 Å². The maximum absolute atomic E-state index is 5.36. The third-order valence-corrected chi connectivity index (χ3v) is 3.55. The molecule has 0 aromatic rings. The van der Waals surface area contributed by atoms with Gasteiger partial charge in [-0.15, -0.1) is 0 Å². The van der Waals surface area contributed by atoms with Gasteiger partial charge in [-0.05, 0) is 26.9 Å². The summed E-state index contributed by atoms with van der Waals surface area (Å²) in [6.07, 6.45) is 4.06. The van der Waals surface area contributed by atoms with Crippen LogP contribution in [-0.2, 0) is 4.74 Å². The van der Waals surface area contributed by atoms with Gasteiger partial charge in [0.25, 0.3) is 0 Å². The second-order valence-corrected chi connectivity index (χ2v) is 5.32. The van der Waals surface area contributed by atoms with E-state index >= 15 is 0 Å². The molecule has 0 aromatic carbocycles. The highest BCUT2D eigenvalue weighted by Crippen LogP contribution is 2.23. The summed E-state index contributed by atoms with van der Waals surface area (Å²) in [7, 11) is 4.25. The minimum atomic E-state index is 0.735. The minimum absolute atomic E-state index is 0.735. The average Bonchev–Trinajstić information content (AvgIpc) is 2.24. The molecule has 1 saturated heterocycles. The summed E-state index contributed by atoms with van der Waals surface area (Å²) in [4.78, 5) is 4.65. The van der Waals surface area contributed by atoms with Crippen LogP contribution in [0.2, 0.25) is 0 Å². The first-order chi connectivity index (χ1) is 8.25. The molecule has 0 aromatic heterocycles. The van der Waals surface area contributed by atoms with Gasteiger partial charge in [-0.25, -0.2) is 10.4 Å². The van der Waals surface area contributed by atoms with E-state index in [1.165, 1.54) is 19.3 Å². The molecule has 0 unspecified atom stereocenters. The summed E-state index contributed by atoms with van der Waals surface area (Å²) in [6, 6.07) is 0.735. The molecule has 5 nitrogen and oxygen atoms in total. The number of nitrogens with one attached hydrogen (secondary N) is 1. The lowest BCUT2D eigenvalue weighted by atomic mass is 9.93. The van der Waals surface area contributed by atoms with E-state index in [-0.39, 0.29) is 0 Å². The fourth-order valence-electron chi connectivity index (χ4n) is 2.25. The van der Waals surface area contributed by atoms with Crippen molar-refractivity contribution in [2.75, 3.05) is 53.7 Å². The van der Waals surface area contributed by atoms with Crippen LogP contribution in [0, 0.1) is 0 Å². The number of hydrazine groups is 1. The second-order valence-electron chi connectivity index (χ2n) is 5.32. The van der Waals surface area contributed by atoms with Crippen molar-refractivity contribution in [3.63, 3.8) is 0 Å². The molecule has 1 aliphatic carbocycles. The molecule has 100 valence electrons. The first-order valence-electron chi connectivity index (χ1n) is 6.70. The SMILES string of the molecule is CN(C)CN(NCN1CCOCC1)C1CCC1. The number of ether oxygens (including phenoxy) is 1. The van der Waals surface area contributed by atoms with Gasteiger partial charge < -0.3 is 4.74 Å². The lowest BCUT2D eigenvalue weighted by Gasteiger charge is -2.40. The fourth-order valence-corrected chi connectivity index (χ4v) is 2.25. The largest absolute Gasteiger partial charge is 0.379 e. The van der Waals surface area contributed by atoms with E-state index in [1.54, 1.807) is 0 Å². The molecular weight excluding hydrogens is 216 g/mol. The molecule has 0 radical (unpaired) electrons. The summed E-state index contributed by atoms with van der Waals surface area (Å²) < 4.78 is 5.36. The molecule has 0 atom stereocenters. The van der Waals surface area contributed by atoms with E-state index in [1.807, 2.05) is 0 Å². The molecule has 2 fully saturated rings. The van der Waals surface area contributed by atoms with Crippen LogP contribution in [0.25, 0.3) is 0 Å². The van der Waals surface area contributed by atoms with Crippen molar-refractivity contribution in [2.24, 2.45) is 0 Å². The number of morpholine rings is 1. The van der Waals surface area contributed by atoms with Gasteiger partial charge in [-0.3, -0.25) is 9.80 Å². The van der Waals surface area contributed by atoms with Crippen LogP contribution in [0.1, 0.15) is 19.3 Å². The van der Waals surface area contributed by atoms with Crippen LogP contribution in [0.4, 0.5) is 0 Å². The van der Waals surface area contributed by atoms with Crippen LogP contribution in [-0.4, -0.2) is 74.6 Å². The molecule has 5 heteroatoms. The van der Waals surface area contributed by atoms with Gasteiger partial charge in [-0.2, -0.15) is 0 Å². The molecule has 0 bridgehead atoms. The number of rotatable bonds is 6. The zero-order valence-electron chi connectivity index (χ0n) is 11.2. The Morgan fingerprint density at radius 1 is 1.24 bits per heavy atom. The van der Waals surface area contributed by atoms with Gasteiger partial charge in [0.2, 0.25) is 0 Å². The van der Waals surface area contributed by atoms with Crippen molar-refractivity contribution in [2.45, 2.75) is 25.3 Å². The molecule has 0 spiro atoms. The predicted octanol–water partition coefficient (Wildman–Crippen LogP) is 0.154. The fraction of sp³-hybridized carbons (Fsp3) is 1.00. The zero-order valence-corrected chi connectivity index (χ0v) is 11.2. The summed E-state index contributed by atoms with van der Waals surface area (Å²) in [6.45, 7) is 5.79. The molecule has 2 aliphatic rings. The Labute approximate surface area is 105 Å². The van der Waals surface area contributed by atoms with E-state index in [9.17, 15) is 0 Å². The predicted molar refractivity (Wildman–Crippen MR) is 68.4 cm³/mol. The first-order valence-corrected chi connectivity index (χ1v) is 6.70. The first kappa shape index (κ1) is 13.2. The van der Waals surface area contributed by atoms with Crippen molar-refractivity contribution in [1.29, 1.82) is 0 Å². The monoisotopic (exact) mass is 242 g/mol. The summed E-state index contributed by atoms with van der Waals surface area (Å²) in [5.41, 5.74) is 3.58. The molecule has 17 heavy (non-hydrogen) atoms. The van der Waals surface area contributed by atoms with Gasteiger partial charge in [0.15, 0.2) is 0 Å². The maximum atomic E-state index is 5.36.